The van der Waals surface area contributed by atoms with Crippen molar-refractivity contribution in [3.8, 4) is 0 Å². The van der Waals surface area contributed by atoms with E-state index in [-0.39, 0.29) is 0 Å². The van der Waals surface area contributed by atoms with Crippen molar-refractivity contribution in [1.82, 2.24) is 0 Å². The van der Waals surface area contributed by atoms with Crippen LogP contribution in [0.25, 0.3) is 10.8 Å². The summed E-state index contributed by atoms with van der Waals surface area (Å²) < 4.78 is 3.97. The number of rotatable bonds is 2. The molecule has 2 N–H and O–H groups in total. The summed E-state index contributed by atoms with van der Waals surface area (Å²) in [6.45, 7) is 0. The van der Waals surface area contributed by atoms with Crippen molar-refractivity contribution in [3.05, 3.63) is 48.0 Å². The zero-order chi connectivity index (χ0) is 12.7. The Morgan fingerprint density at radius 2 is 1.76 bits per heavy atom. The van der Waals surface area contributed by atoms with E-state index in [1.54, 1.807) is 12.1 Å². The molecule has 0 bridgehead atoms. The zero-order valence-corrected chi connectivity index (χ0v) is 9.33. The lowest BCUT2D eigenvalue weighted by molar-refractivity contribution is 0.0697. The number of benzene rings is 2. The van der Waals surface area contributed by atoms with Crippen LogP contribution >= 0.6 is 0 Å². The van der Waals surface area contributed by atoms with Crippen LogP contribution in [0, 0.1) is 0 Å². The Kier molecular flexibility index (Phi) is 5.19. The number of hydrogen-bond acceptors (Lipinski definition) is 3. The third-order valence-corrected chi connectivity index (χ3v) is 2.10. The molecule has 0 atom stereocenters. The first-order chi connectivity index (χ1) is 8.19. The second-order valence-electron chi connectivity index (χ2n) is 3.21. The average molecular weight is 231 g/mol. The lowest BCUT2D eigenvalue weighted by atomic mass is 10.1. The molecule has 0 saturated heterocycles. The molecule has 0 unspecified atom stereocenters. The van der Waals surface area contributed by atoms with Gasteiger partial charge in [0.25, 0.3) is 0 Å². The number of carboxylic acids is 1. The smallest absolute Gasteiger partial charge is 0.478 e. The fourth-order valence-corrected chi connectivity index (χ4v) is 1.32. The molecule has 0 aromatic heterocycles. The fourth-order valence-electron chi connectivity index (χ4n) is 1.32. The summed E-state index contributed by atoms with van der Waals surface area (Å²) in [5.41, 5.74) is 0.332. The van der Waals surface area contributed by atoms with Crippen LogP contribution in [0.1, 0.15) is 10.4 Å². The third kappa shape index (κ3) is 3.90. The van der Waals surface area contributed by atoms with Crippen LogP contribution in [-0.4, -0.2) is 30.9 Å². The number of hydrogen-bond donors (Lipinski definition) is 2. The van der Waals surface area contributed by atoms with Crippen LogP contribution in [0.2, 0.25) is 0 Å². The van der Waals surface area contributed by atoms with E-state index in [9.17, 15) is 4.79 Å². The van der Waals surface area contributed by atoms with Crippen LogP contribution in [0.15, 0.2) is 42.5 Å². The van der Waals surface area contributed by atoms with Crippen molar-refractivity contribution in [2.75, 3.05) is 7.11 Å². The molecular formula is C12H12BO4. The Labute approximate surface area is 99.8 Å². The molecule has 17 heavy (non-hydrogen) atoms. The Bertz CT molecular complexity index is 497. The minimum Gasteiger partial charge on any atom is -0.478 e. The highest BCUT2D eigenvalue weighted by atomic mass is 16.5. The summed E-state index contributed by atoms with van der Waals surface area (Å²) in [4.78, 5) is 10.6. The predicted molar refractivity (Wildman–Crippen MR) is 65.9 cm³/mol. The molecule has 0 aliphatic carbocycles. The van der Waals surface area contributed by atoms with Crippen LogP contribution in [-0.2, 0) is 4.65 Å². The number of aromatic carboxylic acids is 1. The molecule has 0 heterocycles. The van der Waals surface area contributed by atoms with Gasteiger partial charge in [0, 0.05) is 7.11 Å². The summed E-state index contributed by atoms with van der Waals surface area (Å²) in [6.07, 6.45) is 0. The summed E-state index contributed by atoms with van der Waals surface area (Å²) in [5, 5.41) is 18.3. The number of carbonyl (C=O) groups is 1. The van der Waals surface area contributed by atoms with Crippen molar-refractivity contribution >= 4 is 24.4 Å². The second-order valence-corrected chi connectivity index (χ2v) is 3.21. The molecule has 2 aromatic rings. The first-order valence-corrected chi connectivity index (χ1v) is 4.90. The van der Waals surface area contributed by atoms with Crippen LogP contribution in [0.4, 0.5) is 0 Å². The Morgan fingerprint density at radius 1 is 1.18 bits per heavy atom. The quantitative estimate of drug-likeness (QED) is 0.772. The molecule has 2 aromatic carbocycles. The third-order valence-electron chi connectivity index (χ3n) is 2.10. The maximum atomic E-state index is 10.6. The van der Waals surface area contributed by atoms with Gasteiger partial charge in [0.2, 0.25) is 0 Å². The highest BCUT2D eigenvalue weighted by Crippen LogP contribution is 2.15. The summed E-state index contributed by atoms with van der Waals surface area (Å²) in [6, 6.07) is 12.8. The largest absolute Gasteiger partial charge is 0.484 e. The number of fused-ring (bicyclic) bond motifs is 1. The highest BCUT2D eigenvalue weighted by Gasteiger charge is 2.01. The molecule has 0 aliphatic rings. The van der Waals surface area contributed by atoms with E-state index in [4.69, 9.17) is 10.1 Å². The van der Waals surface area contributed by atoms with Gasteiger partial charge in [-0.1, -0.05) is 30.3 Å². The highest BCUT2D eigenvalue weighted by molar-refractivity contribution is 6.15. The average Bonchev–Trinajstić information content (AvgIpc) is 2.38. The lowest BCUT2D eigenvalue weighted by Crippen LogP contribution is -1.94. The first kappa shape index (κ1) is 13.2. The summed E-state index contributed by atoms with van der Waals surface area (Å²) in [5.74, 6) is -0.884. The van der Waals surface area contributed by atoms with Gasteiger partial charge >= 0.3 is 13.7 Å². The lowest BCUT2D eigenvalue weighted by Gasteiger charge is -1.98. The van der Waals surface area contributed by atoms with E-state index in [1.165, 1.54) is 7.11 Å². The van der Waals surface area contributed by atoms with E-state index >= 15 is 0 Å². The van der Waals surface area contributed by atoms with E-state index < -0.39 is 5.97 Å². The SMILES string of the molecule is CO[B]O.O=C(O)c1ccc2ccccc2c1. The van der Waals surface area contributed by atoms with Gasteiger partial charge in [0.1, 0.15) is 0 Å². The van der Waals surface area contributed by atoms with Gasteiger partial charge in [-0.3, -0.25) is 0 Å². The van der Waals surface area contributed by atoms with Crippen LogP contribution in [0.3, 0.4) is 0 Å². The second kappa shape index (κ2) is 6.68. The predicted octanol–water partition coefficient (Wildman–Crippen LogP) is 1.70. The molecule has 0 aliphatic heterocycles. The van der Waals surface area contributed by atoms with Crippen molar-refractivity contribution in [1.29, 1.82) is 0 Å². The van der Waals surface area contributed by atoms with Gasteiger partial charge in [-0.15, -0.1) is 0 Å². The van der Waals surface area contributed by atoms with Gasteiger partial charge in [0.15, 0.2) is 0 Å². The molecule has 0 spiro atoms. The van der Waals surface area contributed by atoms with Crippen molar-refractivity contribution < 1.29 is 19.6 Å². The molecule has 5 heteroatoms. The van der Waals surface area contributed by atoms with Crippen molar-refractivity contribution in [2.24, 2.45) is 0 Å². The Balaban J connectivity index is 0.000000317. The van der Waals surface area contributed by atoms with Crippen molar-refractivity contribution in [3.63, 3.8) is 0 Å². The maximum absolute atomic E-state index is 10.6. The van der Waals surface area contributed by atoms with Gasteiger partial charge < -0.3 is 14.8 Å². The normalized spacial score (nSPS) is 9.29. The molecular weight excluding hydrogens is 219 g/mol. The Morgan fingerprint density at radius 3 is 2.29 bits per heavy atom. The summed E-state index contributed by atoms with van der Waals surface area (Å²) >= 11 is 0. The Hall–Kier alpha value is -1.85. The topological polar surface area (TPSA) is 66.8 Å². The van der Waals surface area contributed by atoms with Gasteiger partial charge in [-0.25, -0.2) is 4.79 Å². The van der Waals surface area contributed by atoms with E-state index in [1.807, 2.05) is 30.3 Å². The molecule has 4 nitrogen and oxygen atoms in total. The minimum atomic E-state index is -0.884. The molecule has 0 fully saturated rings. The minimum absolute atomic E-state index is 0.332. The molecule has 2 rings (SSSR count). The van der Waals surface area contributed by atoms with Gasteiger partial charge in [-0.05, 0) is 22.9 Å². The molecule has 0 saturated carbocycles. The summed E-state index contributed by atoms with van der Waals surface area (Å²) in [7, 11) is 2.00. The number of carboxylic acid groups (broad SMARTS) is 1. The zero-order valence-electron chi connectivity index (χ0n) is 9.33. The fraction of sp³-hybridized carbons (Fsp3) is 0.0833. The van der Waals surface area contributed by atoms with Crippen LogP contribution in [0.5, 0.6) is 0 Å². The van der Waals surface area contributed by atoms with Crippen LogP contribution < -0.4 is 0 Å². The van der Waals surface area contributed by atoms with Crippen molar-refractivity contribution in [2.45, 2.75) is 0 Å². The monoisotopic (exact) mass is 231 g/mol. The van der Waals surface area contributed by atoms with E-state index in [0.717, 1.165) is 10.8 Å². The first-order valence-electron chi connectivity index (χ1n) is 4.90. The van der Waals surface area contributed by atoms with Gasteiger partial charge in [0.05, 0.1) is 5.56 Å². The maximum Gasteiger partial charge on any atom is 0.484 e. The molecule has 1 radical (unpaired) electrons. The molecule has 87 valence electrons. The molecule has 0 amide bonds. The van der Waals surface area contributed by atoms with Gasteiger partial charge in [-0.2, -0.15) is 0 Å². The standard InChI is InChI=1S/C11H8O2.CH4BO2/c12-11(13)10-6-5-8-3-1-2-4-9(8)7-10;1-4-2-3/h1-7H,(H,12,13);3H,1H3. The van der Waals surface area contributed by atoms with E-state index in [0.29, 0.717) is 13.2 Å². The van der Waals surface area contributed by atoms with E-state index in [2.05, 4.69) is 4.65 Å².